The van der Waals surface area contributed by atoms with E-state index in [0.29, 0.717) is 17.2 Å². The molecule has 39 heavy (non-hydrogen) atoms. The third-order valence-corrected chi connectivity index (χ3v) is 9.79. The van der Waals surface area contributed by atoms with E-state index in [1.54, 1.807) is 12.1 Å². The first-order valence-electron chi connectivity index (χ1n) is 11.5. The number of fused-ring (bicyclic) bond motifs is 1. The normalized spacial score (nSPS) is 15.3. The van der Waals surface area contributed by atoms with E-state index in [4.69, 9.17) is 0 Å². The van der Waals surface area contributed by atoms with Crippen molar-refractivity contribution in [3.05, 3.63) is 48.2 Å². The first kappa shape index (κ1) is 26.7. The van der Waals surface area contributed by atoms with E-state index in [0.717, 1.165) is 18.4 Å². The lowest BCUT2D eigenvalue weighted by molar-refractivity contribution is -0.0438. The first-order valence-corrected chi connectivity index (χ1v) is 14.6. The highest BCUT2D eigenvalue weighted by atomic mass is 32.2. The zero-order valence-electron chi connectivity index (χ0n) is 20.4. The summed E-state index contributed by atoms with van der Waals surface area (Å²) in [5.74, 6) is -0.327. The Hall–Kier alpha value is -3.90. The maximum absolute atomic E-state index is 13.1. The Morgan fingerprint density at radius 1 is 1.05 bits per heavy atom. The van der Waals surface area contributed by atoms with Crippen LogP contribution in [0.1, 0.15) is 25.3 Å². The van der Waals surface area contributed by atoms with Gasteiger partial charge in [-0.1, -0.05) is 31.2 Å². The number of rotatable bonds is 6. The van der Waals surface area contributed by atoms with Gasteiger partial charge in [-0.3, -0.25) is 4.98 Å². The molecule has 3 aromatic heterocycles. The molecule has 0 saturated heterocycles. The topological polar surface area (TPSA) is 149 Å². The van der Waals surface area contributed by atoms with Crippen molar-refractivity contribution in [2.24, 2.45) is 7.05 Å². The molecule has 0 amide bonds. The largest absolute Gasteiger partial charge is 0.503 e. The summed E-state index contributed by atoms with van der Waals surface area (Å²) in [6.45, 7) is 1.45. The van der Waals surface area contributed by atoms with Gasteiger partial charge < -0.3 is 4.57 Å². The molecule has 1 fully saturated rings. The zero-order valence-corrected chi connectivity index (χ0v) is 22.1. The predicted molar refractivity (Wildman–Crippen MR) is 132 cm³/mol. The Labute approximate surface area is 221 Å². The molecule has 0 N–H and O–H groups in total. The lowest BCUT2D eigenvalue weighted by Gasteiger charge is -2.12. The van der Waals surface area contributed by atoms with E-state index in [-0.39, 0.29) is 33.3 Å². The van der Waals surface area contributed by atoms with Gasteiger partial charge in [0.2, 0.25) is 0 Å². The summed E-state index contributed by atoms with van der Waals surface area (Å²) < 4.78 is 90.0. The van der Waals surface area contributed by atoms with Crippen LogP contribution >= 0.6 is 0 Å². The van der Waals surface area contributed by atoms with Gasteiger partial charge in [-0.2, -0.15) is 18.4 Å². The summed E-state index contributed by atoms with van der Waals surface area (Å²) in [6, 6.07) is 11.6. The summed E-state index contributed by atoms with van der Waals surface area (Å²) in [7, 11) is -8.22. The van der Waals surface area contributed by atoms with Crippen molar-refractivity contribution < 1.29 is 30.0 Å². The highest BCUT2D eigenvalue weighted by Crippen LogP contribution is 2.47. The van der Waals surface area contributed by atoms with Crippen LogP contribution in [0.5, 0.6) is 0 Å². The Bertz CT molecular complexity index is 1890. The van der Waals surface area contributed by atoms with Crippen LogP contribution in [0.2, 0.25) is 0 Å². The van der Waals surface area contributed by atoms with Gasteiger partial charge in [0.15, 0.2) is 26.3 Å². The highest BCUT2D eigenvalue weighted by Gasteiger charge is 2.48. The average molecular weight is 577 g/mol. The fourth-order valence-corrected chi connectivity index (χ4v) is 5.87. The van der Waals surface area contributed by atoms with E-state index in [1.165, 1.54) is 30.8 Å². The van der Waals surface area contributed by atoms with Crippen LogP contribution in [0, 0.1) is 11.3 Å². The summed E-state index contributed by atoms with van der Waals surface area (Å²) >= 11 is 0. The number of alkyl halides is 3. The molecular weight excluding hydrogens is 557 g/mol. The Kier molecular flexibility index (Phi) is 6.03. The maximum atomic E-state index is 13.1. The second-order valence-corrected chi connectivity index (χ2v) is 13.2. The molecule has 202 valence electrons. The van der Waals surface area contributed by atoms with Crippen LogP contribution in [0.4, 0.5) is 13.2 Å². The zero-order chi connectivity index (χ0) is 28.4. The second kappa shape index (κ2) is 8.82. The molecule has 1 aliphatic rings. The number of sulfone groups is 2. The Morgan fingerprint density at radius 2 is 1.72 bits per heavy atom. The maximum Gasteiger partial charge on any atom is 0.503 e. The third kappa shape index (κ3) is 4.33. The summed E-state index contributed by atoms with van der Waals surface area (Å²) in [4.78, 5) is 8.35. The lowest BCUT2D eigenvalue weighted by atomic mass is 9.95. The molecule has 1 aromatic carbocycles. The minimum Gasteiger partial charge on any atom is -0.309 e. The molecule has 1 saturated carbocycles. The van der Waals surface area contributed by atoms with Gasteiger partial charge in [-0.05, 0) is 30.0 Å². The summed E-state index contributed by atoms with van der Waals surface area (Å²) in [6.07, 6.45) is 2.99. The molecule has 0 aliphatic heterocycles. The molecule has 5 rings (SSSR count). The fourth-order valence-electron chi connectivity index (χ4n) is 4.17. The number of aryl methyl sites for hydroxylation is 1. The van der Waals surface area contributed by atoms with Crippen molar-refractivity contribution in [1.29, 1.82) is 5.26 Å². The van der Waals surface area contributed by atoms with Crippen LogP contribution < -0.4 is 0 Å². The van der Waals surface area contributed by atoms with E-state index in [2.05, 4.69) is 26.2 Å². The number of benzene rings is 1. The second-order valence-electron chi connectivity index (χ2n) is 9.08. The first-order chi connectivity index (χ1) is 18.2. The van der Waals surface area contributed by atoms with Gasteiger partial charge in [-0.25, -0.2) is 21.8 Å². The third-order valence-electron chi connectivity index (χ3n) is 6.69. The van der Waals surface area contributed by atoms with E-state index in [9.17, 15) is 35.3 Å². The smallest absolute Gasteiger partial charge is 0.309 e. The number of imidazole rings is 1. The van der Waals surface area contributed by atoms with Gasteiger partial charge >= 0.3 is 5.51 Å². The van der Waals surface area contributed by atoms with Crippen molar-refractivity contribution in [2.75, 3.05) is 5.75 Å². The van der Waals surface area contributed by atoms with Gasteiger partial charge in [0.1, 0.15) is 11.2 Å². The number of halogens is 3. The average Bonchev–Trinajstić information content (AvgIpc) is 3.65. The summed E-state index contributed by atoms with van der Waals surface area (Å²) in [5, 5.41) is 14.9. The number of aromatic nitrogens is 5. The van der Waals surface area contributed by atoms with Gasteiger partial charge in [-0.15, -0.1) is 10.2 Å². The molecule has 1 aliphatic carbocycles. The standard InChI is InChI=1S/C24H19F3N6O4S2/c1-3-38(34,35)18-10-15(14-4-6-16(7-5-14)23(13-28)8-9-23)12-29-20(18)22-30-17-11-19(31-32-21(17)33(22)2)39(36,37)24(25,26)27/h4-7,10-12H,3,8-9H2,1-2H3. The van der Waals surface area contributed by atoms with Crippen molar-refractivity contribution in [3.8, 4) is 28.7 Å². The van der Waals surface area contributed by atoms with Crippen LogP contribution in [0.25, 0.3) is 33.8 Å². The number of nitriles is 1. The number of nitrogens with zero attached hydrogens (tertiary/aromatic N) is 6. The van der Waals surface area contributed by atoms with Crippen molar-refractivity contribution in [2.45, 2.75) is 40.6 Å². The lowest BCUT2D eigenvalue weighted by Crippen LogP contribution is -2.24. The monoisotopic (exact) mass is 576 g/mol. The predicted octanol–water partition coefficient (Wildman–Crippen LogP) is 3.73. The van der Waals surface area contributed by atoms with Crippen LogP contribution in [0.15, 0.2) is 52.5 Å². The van der Waals surface area contributed by atoms with Crippen LogP contribution in [-0.4, -0.2) is 52.8 Å². The minimum absolute atomic E-state index is 0.0560. The number of hydrogen-bond donors (Lipinski definition) is 0. The molecule has 0 radical (unpaired) electrons. The molecule has 0 bridgehead atoms. The van der Waals surface area contributed by atoms with Crippen LogP contribution in [0.3, 0.4) is 0 Å². The van der Waals surface area contributed by atoms with Gasteiger partial charge in [0.25, 0.3) is 9.84 Å². The number of hydrogen-bond acceptors (Lipinski definition) is 9. The highest BCUT2D eigenvalue weighted by molar-refractivity contribution is 7.92. The van der Waals surface area contributed by atoms with Gasteiger partial charge in [0, 0.05) is 24.9 Å². The van der Waals surface area contributed by atoms with E-state index < -0.39 is 35.6 Å². The molecule has 10 nitrogen and oxygen atoms in total. The number of pyridine rings is 1. The Balaban J connectivity index is 1.63. The summed E-state index contributed by atoms with van der Waals surface area (Å²) in [5.41, 5.74) is -4.42. The van der Waals surface area contributed by atoms with Crippen molar-refractivity contribution >= 4 is 30.8 Å². The molecule has 15 heteroatoms. The van der Waals surface area contributed by atoms with E-state index >= 15 is 0 Å². The molecule has 4 aromatic rings. The van der Waals surface area contributed by atoms with Crippen molar-refractivity contribution in [3.63, 3.8) is 0 Å². The molecule has 0 spiro atoms. The SMILES string of the molecule is CCS(=O)(=O)c1cc(-c2ccc(C3(C#N)CC3)cc2)cnc1-c1nc2cc(S(=O)(=O)C(F)(F)F)nnc2n1C. The molecule has 3 heterocycles. The van der Waals surface area contributed by atoms with Gasteiger partial charge in [0.05, 0.1) is 22.1 Å². The minimum atomic E-state index is -5.77. The van der Waals surface area contributed by atoms with Crippen LogP contribution in [-0.2, 0) is 32.1 Å². The fraction of sp³-hybridized carbons (Fsp3) is 0.292. The molecule has 0 unspecified atom stereocenters. The molecule has 0 atom stereocenters. The quantitative estimate of drug-likeness (QED) is 0.335. The Morgan fingerprint density at radius 3 is 2.28 bits per heavy atom. The van der Waals surface area contributed by atoms with E-state index in [1.807, 2.05) is 12.1 Å². The molecular formula is C24H19F3N6O4S2. The van der Waals surface area contributed by atoms with Crippen molar-refractivity contribution in [1.82, 2.24) is 24.7 Å².